The number of aromatic nitrogens is 1. The number of fused-ring (bicyclic) bond motifs is 6. The highest BCUT2D eigenvalue weighted by molar-refractivity contribution is 5.73. The van der Waals surface area contributed by atoms with Crippen molar-refractivity contribution in [2.45, 2.75) is 64.9 Å². The van der Waals surface area contributed by atoms with Gasteiger partial charge < -0.3 is 24.4 Å². The molecule has 1 N–H and O–H groups in total. The number of benzene rings is 1. The SMILES string of the molecule is C[C@]12CC[C@H](O)CC1=CC[C@@H]1[C@@H]2CC[C@]2(C)C(c3ccc(N4CCN(c5ccc6c(c5)OCO6)CC4)nc3)=CC[C@@H]12. The van der Waals surface area contributed by atoms with Crippen molar-refractivity contribution >= 4 is 17.1 Å². The predicted octanol–water partition coefficient (Wildman–Crippen LogP) is 6.45. The number of hydrogen-bond donors (Lipinski definition) is 1. The minimum absolute atomic E-state index is 0.131. The minimum Gasteiger partial charge on any atom is -0.454 e. The molecule has 6 atom stereocenters. The van der Waals surface area contributed by atoms with E-state index in [1.54, 1.807) is 5.57 Å². The Morgan fingerprint density at radius 2 is 1.66 bits per heavy atom. The van der Waals surface area contributed by atoms with Crippen LogP contribution in [0.15, 0.2) is 54.3 Å². The molecule has 2 aromatic rings. The summed E-state index contributed by atoms with van der Waals surface area (Å²) in [5, 5.41) is 10.3. The Labute approximate surface area is 244 Å². The first-order valence-electron chi connectivity index (χ1n) is 15.9. The lowest BCUT2D eigenvalue weighted by atomic mass is 9.47. The first-order chi connectivity index (χ1) is 19.9. The van der Waals surface area contributed by atoms with Crippen LogP contribution in [0.25, 0.3) is 5.57 Å². The van der Waals surface area contributed by atoms with E-state index in [-0.39, 0.29) is 11.5 Å². The Balaban J connectivity index is 0.947. The highest BCUT2D eigenvalue weighted by Crippen LogP contribution is 2.66. The Morgan fingerprint density at radius 3 is 2.49 bits per heavy atom. The topological polar surface area (TPSA) is 58.1 Å². The van der Waals surface area contributed by atoms with Gasteiger partial charge in [0.2, 0.25) is 6.79 Å². The largest absolute Gasteiger partial charge is 0.454 e. The lowest BCUT2D eigenvalue weighted by Crippen LogP contribution is -2.49. The lowest BCUT2D eigenvalue weighted by molar-refractivity contribution is -0.0238. The Morgan fingerprint density at radius 1 is 0.854 bits per heavy atom. The van der Waals surface area contributed by atoms with Gasteiger partial charge in [0.1, 0.15) is 5.82 Å². The second kappa shape index (κ2) is 9.52. The van der Waals surface area contributed by atoms with E-state index >= 15 is 0 Å². The summed E-state index contributed by atoms with van der Waals surface area (Å²) in [6.07, 6.45) is 15.1. The van der Waals surface area contributed by atoms with Gasteiger partial charge in [-0.05, 0) is 109 Å². The maximum atomic E-state index is 10.3. The first kappa shape index (κ1) is 25.7. The minimum atomic E-state index is -0.131. The number of aliphatic hydroxyl groups is 1. The van der Waals surface area contributed by atoms with Crippen LogP contribution in [0.2, 0.25) is 0 Å². The standard InChI is InChI=1S/C35H43N3O3/c1-34-13-11-26(39)19-24(34)4-6-27-29-8-7-28(35(29,2)14-12-30(27)34)23-3-10-33(36-21-23)38-17-15-37(16-18-38)25-5-9-31-32(20-25)41-22-40-31/h3-5,7,9-10,20-21,26-27,29-30,39H,6,8,11-19,22H2,1-2H3/t26-,27-,29-,30-,34-,35+/m0/s1. The molecule has 0 radical (unpaired) electrons. The molecule has 6 heteroatoms. The van der Waals surface area contributed by atoms with E-state index in [1.165, 1.54) is 42.5 Å². The van der Waals surface area contributed by atoms with Crippen LogP contribution in [0.5, 0.6) is 11.5 Å². The van der Waals surface area contributed by atoms with Crippen LogP contribution in [0.4, 0.5) is 11.5 Å². The van der Waals surface area contributed by atoms with Crippen LogP contribution in [-0.2, 0) is 0 Å². The van der Waals surface area contributed by atoms with Gasteiger partial charge in [-0.15, -0.1) is 0 Å². The Hall–Kier alpha value is -2.99. The molecule has 2 saturated carbocycles. The van der Waals surface area contributed by atoms with E-state index in [0.717, 1.165) is 74.6 Å². The van der Waals surface area contributed by atoms with Gasteiger partial charge in [-0.1, -0.05) is 31.6 Å². The van der Waals surface area contributed by atoms with Crippen molar-refractivity contribution in [3.8, 4) is 11.5 Å². The van der Waals surface area contributed by atoms with Crippen molar-refractivity contribution in [2.75, 3.05) is 42.8 Å². The maximum absolute atomic E-state index is 10.3. The molecule has 0 amide bonds. The number of nitrogens with zero attached hydrogens (tertiary/aromatic N) is 3. The second-order valence-corrected chi connectivity index (χ2v) is 13.9. The van der Waals surface area contributed by atoms with Crippen molar-refractivity contribution < 1.29 is 14.6 Å². The quantitative estimate of drug-likeness (QED) is 0.441. The van der Waals surface area contributed by atoms with Crippen LogP contribution < -0.4 is 19.3 Å². The van der Waals surface area contributed by atoms with E-state index < -0.39 is 0 Å². The van der Waals surface area contributed by atoms with Gasteiger partial charge in [-0.2, -0.15) is 0 Å². The van der Waals surface area contributed by atoms with Crippen molar-refractivity contribution in [1.82, 2.24) is 4.98 Å². The van der Waals surface area contributed by atoms with Crippen molar-refractivity contribution in [3.63, 3.8) is 0 Å². The summed E-state index contributed by atoms with van der Waals surface area (Å²) in [5.41, 5.74) is 6.13. The summed E-state index contributed by atoms with van der Waals surface area (Å²) in [6, 6.07) is 10.8. The number of allylic oxidation sites excluding steroid dienone is 3. The fourth-order valence-electron chi connectivity index (χ4n) is 9.66. The zero-order chi connectivity index (χ0) is 27.8. The molecule has 6 aliphatic rings. The average molecular weight is 554 g/mol. The number of ether oxygens (including phenoxy) is 2. The number of rotatable bonds is 3. The van der Waals surface area contributed by atoms with Gasteiger partial charge in [0, 0.05) is 44.1 Å². The molecule has 216 valence electrons. The van der Waals surface area contributed by atoms with E-state index in [0.29, 0.717) is 18.1 Å². The molecule has 1 aromatic carbocycles. The first-order valence-corrected chi connectivity index (χ1v) is 15.9. The van der Waals surface area contributed by atoms with Gasteiger partial charge in [-0.25, -0.2) is 4.98 Å². The lowest BCUT2D eigenvalue weighted by Gasteiger charge is -2.57. The third-order valence-corrected chi connectivity index (χ3v) is 12.0. The molecule has 8 rings (SSSR count). The molecule has 41 heavy (non-hydrogen) atoms. The predicted molar refractivity (Wildman–Crippen MR) is 162 cm³/mol. The highest BCUT2D eigenvalue weighted by atomic mass is 16.7. The maximum Gasteiger partial charge on any atom is 0.231 e. The summed E-state index contributed by atoms with van der Waals surface area (Å²) >= 11 is 0. The number of hydrogen-bond acceptors (Lipinski definition) is 6. The second-order valence-electron chi connectivity index (χ2n) is 13.9. The fourth-order valence-corrected chi connectivity index (χ4v) is 9.66. The molecule has 1 saturated heterocycles. The molecule has 0 bridgehead atoms. The van der Waals surface area contributed by atoms with Crippen molar-refractivity contribution in [1.29, 1.82) is 0 Å². The number of pyridine rings is 1. The molecule has 2 aliphatic heterocycles. The Bertz CT molecular complexity index is 1390. The molecule has 3 fully saturated rings. The number of anilines is 2. The highest BCUT2D eigenvalue weighted by Gasteiger charge is 2.56. The summed E-state index contributed by atoms with van der Waals surface area (Å²) in [7, 11) is 0. The average Bonchev–Trinajstić information content (AvgIpc) is 3.61. The van der Waals surface area contributed by atoms with Crippen LogP contribution in [0, 0.1) is 28.6 Å². The molecule has 3 heterocycles. The monoisotopic (exact) mass is 553 g/mol. The van der Waals surface area contributed by atoms with E-state index in [2.05, 4.69) is 66.3 Å². The molecule has 1 aromatic heterocycles. The van der Waals surface area contributed by atoms with Crippen LogP contribution in [0.3, 0.4) is 0 Å². The number of aliphatic hydroxyl groups excluding tert-OH is 1. The third kappa shape index (κ3) is 4.04. The summed E-state index contributed by atoms with van der Waals surface area (Å²) in [6.45, 7) is 9.22. The number of piperazine rings is 1. The molecule has 0 spiro atoms. The van der Waals surface area contributed by atoms with E-state index in [1.807, 2.05) is 6.07 Å². The molecular weight excluding hydrogens is 510 g/mol. The molecule has 0 unspecified atom stereocenters. The van der Waals surface area contributed by atoms with Crippen LogP contribution >= 0.6 is 0 Å². The van der Waals surface area contributed by atoms with Crippen molar-refractivity contribution in [2.24, 2.45) is 28.6 Å². The summed E-state index contributed by atoms with van der Waals surface area (Å²) < 4.78 is 11.1. The normalized spacial score (nSPS) is 35.8. The van der Waals surface area contributed by atoms with Gasteiger partial charge in [0.15, 0.2) is 11.5 Å². The van der Waals surface area contributed by atoms with Gasteiger partial charge in [-0.3, -0.25) is 0 Å². The summed E-state index contributed by atoms with van der Waals surface area (Å²) in [5.74, 6) is 4.99. The fraction of sp³-hybridized carbons (Fsp3) is 0.571. The zero-order valence-electron chi connectivity index (χ0n) is 24.5. The van der Waals surface area contributed by atoms with Crippen LogP contribution in [0.1, 0.15) is 64.4 Å². The van der Waals surface area contributed by atoms with E-state index in [4.69, 9.17) is 14.5 Å². The Kier molecular flexibility index (Phi) is 5.97. The van der Waals surface area contributed by atoms with Gasteiger partial charge >= 0.3 is 0 Å². The van der Waals surface area contributed by atoms with Gasteiger partial charge in [0.25, 0.3) is 0 Å². The molecular formula is C35H43N3O3. The molecule has 4 aliphatic carbocycles. The summed E-state index contributed by atoms with van der Waals surface area (Å²) in [4.78, 5) is 9.85. The zero-order valence-corrected chi connectivity index (χ0v) is 24.5. The molecule has 6 nitrogen and oxygen atoms in total. The smallest absolute Gasteiger partial charge is 0.231 e. The van der Waals surface area contributed by atoms with Crippen molar-refractivity contribution in [3.05, 3.63) is 59.8 Å². The van der Waals surface area contributed by atoms with Crippen LogP contribution in [-0.4, -0.2) is 49.2 Å². The third-order valence-electron chi connectivity index (χ3n) is 12.0. The van der Waals surface area contributed by atoms with Gasteiger partial charge in [0.05, 0.1) is 6.10 Å². The van der Waals surface area contributed by atoms with E-state index in [9.17, 15) is 5.11 Å².